The summed E-state index contributed by atoms with van der Waals surface area (Å²) in [6.45, 7) is 1.58. The summed E-state index contributed by atoms with van der Waals surface area (Å²) >= 11 is 0. The third-order valence-corrected chi connectivity index (χ3v) is 1.52. The molecule has 0 aromatic carbocycles. The van der Waals surface area contributed by atoms with Crippen LogP contribution in [0.15, 0.2) is 12.3 Å². The fourth-order valence-corrected chi connectivity index (χ4v) is 0.867. The number of carbonyl (C=O) groups is 2. The van der Waals surface area contributed by atoms with Gasteiger partial charge >= 0.3 is 5.97 Å². The van der Waals surface area contributed by atoms with Crippen molar-refractivity contribution in [2.24, 2.45) is 0 Å². The van der Waals surface area contributed by atoms with Crippen molar-refractivity contribution in [3.63, 3.8) is 0 Å². The van der Waals surface area contributed by atoms with Crippen molar-refractivity contribution in [2.45, 2.75) is 6.92 Å². The minimum Gasteiger partial charge on any atom is -0.478 e. The van der Waals surface area contributed by atoms with Gasteiger partial charge in [0.15, 0.2) is 0 Å². The van der Waals surface area contributed by atoms with Crippen LogP contribution >= 0.6 is 0 Å². The summed E-state index contributed by atoms with van der Waals surface area (Å²) in [5, 5.41) is 8.55. The molecule has 0 saturated carbocycles. The molecule has 0 fully saturated rings. The summed E-state index contributed by atoms with van der Waals surface area (Å²) in [5.41, 5.74) is 0.615. The van der Waals surface area contributed by atoms with Crippen LogP contribution in [0, 0.1) is 6.92 Å². The standard InChI is InChI=1S/C7H7NO3/c1-5-6(7(10)11)2-3-8(5)4-9/h2-4H,1H3,(H,10,11). The van der Waals surface area contributed by atoms with E-state index in [0.717, 1.165) is 0 Å². The smallest absolute Gasteiger partial charge is 0.337 e. The summed E-state index contributed by atoms with van der Waals surface area (Å²) in [4.78, 5) is 20.7. The van der Waals surface area contributed by atoms with Crippen molar-refractivity contribution in [3.05, 3.63) is 23.5 Å². The van der Waals surface area contributed by atoms with Crippen molar-refractivity contribution in [1.82, 2.24) is 4.57 Å². The van der Waals surface area contributed by atoms with Crippen LogP contribution in [0.4, 0.5) is 0 Å². The van der Waals surface area contributed by atoms with Gasteiger partial charge in [-0.1, -0.05) is 0 Å². The van der Waals surface area contributed by atoms with Gasteiger partial charge in [0.2, 0.25) is 6.41 Å². The van der Waals surface area contributed by atoms with Crippen molar-refractivity contribution in [1.29, 1.82) is 0 Å². The van der Waals surface area contributed by atoms with Crippen LogP contribution in [0.25, 0.3) is 0 Å². The Hall–Kier alpha value is -1.58. The molecule has 0 saturated heterocycles. The van der Waals surface area contributed by atoms with Crippen molar-refractivity contribution in [3.8, 4) is 0 Å². The molecule has 11 heavy (non-hydrogen) atoms. The first kappa shape index (κ1) is 7.53. The number of hydrogen-bond donors (Lipinski definition) is 1. The largest absolute Gasteiger partial charge is 0.478 e. The molecule has 0 atom stereocenters. The van der Waals surface area contributed by atoms with Gasteiger partial charge in [0.1, 0.15) is 0 Å². The quantitative estimate of drug-likeness (QED) is 0.630. The monoisotopic (exact) mass is 153 g/mol. The molecule has 0 spiro atoms. The number of rotatable bonds is 2. The maximum Gasteiger partial charge on any atom is 0.337 e. The van der Waals surface area contributed by atoms with E-state index >= 15 is 0 Å². The van der Waals surface area contributed by atoms with Crippen molar-refractivity contribution in [2.75, 3.05) is 0 Å². The Morgan fingerprint density at radius 2 is 2.36 bits per heavy atom. The van der Waals surface area contributed by atoms with Gasteiger partial charge in [-0.05, 0) is 13.0 Å². The van der Waals surface area contributed by atoms with E-state index in [1.807, 2.05) is 0 Å². The van der Waals surface area contributed by atoms with Gasteiger partial charge in [0, 0.05) is 11.9 Å². The summed E-state index contributed by atoms with van der Waals surface area (Å²) in [6, 6.07) is 1.39. The zero-order valence-electron chi connectivity index (χ0n) is 5.94. The van der Waals surface area contributed by atoms with E-state index in [0.29, 0.717) is 12.1 Å². The molecule has 1 rings (SSSR count). The normalized spacial score (nSPS) is 9.55. The minimum absolute atomic E-state index is 0.164. The van der Waals surface area contributed by atoms with Crippen molar-refractivity contribution >= 4 is 12.4 Å². The Bertz CT molecular complexity index is 301. The molecule has 0 unspecified atom stereocenters. The SMILES string of the molecule is Cc1c(C(=O)O)ccn1C=O. The van der Waals surface area contributed by atoms with E-state index in [4.69, 9.17) is 5.11 Å². The van der Waals surface area contributed by atoms with E-state index in [-0.39, 0.29) is 5.56 Å². The van der Waals surface area contributed by atoms with Crippen LogP contribution in [0.1, 0.15) is 16.1 Å². The Balaban J connectivity index is 3.20. The van der Waals surface area contributed by atoms with E-state index in [1.54, 1.807) is 6.92 Å². The predicted molar refractivity (Wildman–Crippen MR) is 38.3 cm³/mol. The molecule has 0 amide bonds. The molecule has 0 aliphatic heterocycles. The number of nitrogens with zero attached hydrogens (tertiary/aromatic N) is 1. The van der Waals surface area contributed by atoms with Crippen LogP contribution in [0.5, 0.6) is 0 Å². The number of carboxylic acids is 1. The first-order chi connectivity index (χ1) is 5.16. The lowest BCUT2D eigenvalue weighted by molar-refractivity contribution is 0.0696. The highest BCUT2D eigenvalue weighted by atomic mass is 16.4. The highest BCUT2D eigenvalue weighted by Crippen LogP contribution is 2.07. The van der Waals surface area contributed by atoms with Gasteiger partial charge in [-0.15, -0.1) is 0 Å². The Labute approximate surface area is 63.1 Å². The fraction of sp³-hybridized carbons (Fsp3) is 0.143. The summed E-state index contributed by atoms with van der Waals surface area (Å²) in [7, 11) is 0. The summed E-state index contributed by atoms with van der Waals surface area (Å²) in [6.07, 6.45) is 1.99. The highest BCUT2D eigenvalue weighted by Gasteiger charge is 2.09. The minimum atomic E-state index is -1.01. The van der Waals surface area contributed by atoms with E-state index < -0.39 is 5.97 Å². The van der Waals surface area contributed by atoms with Crippen LogP contribution in [-0.4, -0.2) is 22.1 Å². The van der Waals surface area contributed by atoms with Crippen LogP contribution in [-0.2, 0) is 4.79 Å². The van der Waals surface area contributed by atoms with Crippen LogP contribution in [0.2, 0.25) is 0 Å². The third kappa shape index (κ3) is 1.14. The molecule has 0 bridgehead atoms. The molecule has 0 aliphatic rings. The second-order valence-electron chi connectivity index (χ2n) is 2.13. The Morgan fingerprint density at radius 1 is 1.73 bits per heavy atom. The van der Waals surface area contributed by atoms with Gasteiger partial charge in [-0.3, -0.25) is 9.36 Å². The number of carboxylic acid groups (broad SMARTS) is 1. The summed E-state index contributed by atoms with van der Waals surface area (Å²) < 4.78 is 1.23. The topological polar surface area (TPSA) is 59.3 Å². The molecular formula is C7H7NO3. The molecule has 4 nitrogen and oxygen atoms in total. The van der Waals surface area contributed by atoms with Crippen LogP contribution < -0.4 is 0 Å². The van der Waals surface area contributed by atoms with E-state index in [9.17, 15) is 9.59 Å². The van der Waals surface area contributed by atoms with Gasteiger partial charge in [-0.25, -0.2) is 4.79 Å². The Kier molecular flexibility index (Phi) is 1.76. The third-order valence-electron chi connectivity index (χ3n) is 1.52. The number of hydrogen-bond acceptors (Lipinski definition) is 2. The van der Waals surface area contributed by atoms with Gasteiger partial charge in [0.25, 0.3) is 0 Å². The molecule has 1 aromatic rings. The molecule has 1 aromatic heterocycles. The van der Waals surface area contributed by atoms with E-state index in [2.05, 4.69) is 0 Å². The lowest BCUT2D eigenvalue weighted by Crippen LogP contribution is -2.01. The van der Waals surface area contributed by atoms with Gasteiger partial charge in [0.05, 0.1) is 5.56 Å². The number of carbonyl (C=O) groups excluding carboxylic acids is 1. The first-order valence-electron chi connectivity index (χ1n) is 3.03. The molecule has 1 N–H and O–H groups in total. The maximum atomic E-state index is 10.4. The fourth-order valence-electron chi connectivity index (χ4n) is 0.867. The summed E-state index contributed by atoms with van der Waals surface area (Å²) in [5.74, 6) is -1.01. The first-order valence-corrected chi connectivity index (χ1v) is 3.03. The number of aromatic carboxylic acids is 1. The zero-order chi connectivity index (χ0) is 8.43. The zero-order valence-corrected chi connectivity index (χ0v) is 5.94. The second-order valence-corrected chi connectivity index (χ2v) is 2.13. The molecule has 1 heterocycles. The molecule has 58 valence electrons. The van der Waals surface area contributed by atoms with Crippen molar-refractivity contribution < 1.29 is 14.7 Å². The van der Waals surface area contributed by atoms with E-state index in [1.165, 1.54) is 16.8 Å². The van der Waals surface area contributed by atoms with Crippen LogP contribution in [0.3, 0.4) is 0 Å². The average molecular weight is 153 g/mol. The maximum absolute atomic E-state index is 10.4. The number of aromatic nitrogens is 1. The molecule has 0 radical (unpaired) electrons. The van der Waals surface area contributed by atoms with Gasteiger partial charge < -0.3 is 5.11 Å². The molecular weight excluding hydrogens is 146 g/mol. The lowest BCUT2D eigenvalue weighted by atomic mass is 10.3. The second kappa shape index (κ2) is 2.57. The van der Waals surface area contributed by atoms with Gasteiger partial charge in [-0.2, -0.15) is 0 Å². The molecule has 4 heteroatoms. The Morgan fingerprint density at radius 3 is 2.64 bits per heavy atom. The highest BCUT2D eigenvalue weighted by molar-refractivity contribution is 5.89. The lowest BCUT2D eigenvalue weighted by Gasteiger charge is -1.93. The molecule has 0 aliphatic carbocycles. The average Bonchev–Trinajstić information content (AvgIpc) is 2.30. The predicted octanol–water partition coefficient (Wildman–Crippen LogP) is 0.533.